The van der Waals surface area contributed by atoms with Gasteiger partial charge in [-0.15, -0.1) is 0 Å². The fourth-order valence-corrected chi connectivity index (χ4v) is 2.89. The molecule has 1 unspecified atom stereocenters. The third-order valence-corrected chi connectivity index (χ3v) is 4.23. The highest BCUT2D eigenvalue weighted by Gasteiger charge is 2.35. The zero-order chi connectivity index (χ0) is 18.8. The molecule has 8 heteroatoms. The van der Waals surface area contributed by atoms with Gasteiger partial charge in [0.25, 0.3) is 5.69 Å². The first-order valence-corrected chi connectivity index (χ1v) is 7.97. The number of aryl methyl sites for hydroxylation is 1. The number of nitrogens with one attached hydrogen (secondary N) is 1. The van der Waals surface area contributed by atoms with Crippen LogP contribution < -0.4 is 10.2 Å². The number of halogens is 1. The van der Waals surface area contributed by atoms with Crippen LogP contribution in [0.25, 0.3) is 0 Å². The number of non-ortho nitro benzene ring substituents is 1. The Kier molecular flexibility index (Phi) is 4.66. The topological polar surface area (TPSA) is 92.6 Å². The van der Waals surface area contributed by atoms with Gasteiger partial charge in [0.2, 0.25) is 11.8 Å². The monoisotopic (exact) mass is 357 g/mol. The number of carbonyl (C=O) groups excluding carboxylic acids is 2. The van der Waals surface area contributed by atoms with Crippen LogP contribution >= 0.6 is 0 Å². The number of hydrogen-bond acceptors (Lipinski definition) is 4. The summed E-state index contributed by atoms with van der Waals surface area (Å²) in [6.07, 6.45) is -0.00365. The lowest BCUT2D eigenvalue weighted by molar-refractivity contribution is -0.384. The number of anilines is 2. The summed E-state index contributed by atoms with van der Waals surface area (Å²) in [5.41, 5.74) is 1.09. The first-order valence-electron chi connectivity index (χ1n) is 7.97. The Bertz CT molecular complexity index is 900. The van der Waals surface area contributed by atoms with Gasteiger partial charge in [0.1, 0.15) is 5.82 Å². The smallest absolute Gasteiger partial charge is 0.271 e. The Balaban J connectivity index is 1.75. The second-order valence-corrected chi connectivity index (χ2v) is 6.15. The molecule has 1 heterocycles. The molecule has 2 aromatic rings. The van der Waals surface area contributed by atoms with Crippen LogP contribution in [0.5, 0.6) is 0 Å². The zero-order valence-electron chi connectivity index (χ0n) is 13.9. The largest absolute Gasteiger partial charge is 0.323 e. The van der Waals surface area contributed by atoms with Crippen molar-refractivity contribution in [3.05, 3.63) is 64.0 Å². The minimum absolute atomic E-state index is 0.00365. The Labute approximate surface area is 148 Å². The van der Waals surface area contributed by atoms with Gasteiger partial charge in [0.15, 0.2) is 0 Å². The molecule has 0 bridgehead atoms. The van der Waals surface area contributed by atoms with Crippen molar-refractivity contribution < 1.29 is 18.9 Å². The molecule has 0 spiro atoms. The highest BCUT2D eigenvalue weighted by atomic mass is 19.1. The van der Waals surface area contributed by atoms with Crippen LogP contribution in [-0.4, -0.2) is 23.3 Å². The number of rotatable bonds is 4. The van der Waals surface area contributed by atoms with Crippen molar-refractivity contribution in [1.29, 1.82) is 0 Å². The number of carbonyl (C=O) groups is 2. The lowest BCUT2D eigenvalue weighted by Crippen LogP contribution is -2.28. The normalized spacial score (nSPS) is 16.6. The van der Waals surface area contributed by atoms with Crippen LogP contribution in [0.3, 0.4) is 0 Å². The van der Waals surface area contributed by atoms with Crippen LogP contribution in [0.1, 0.15) is 12.0 Å². The highest BCUT2D eigenvalue weighted by molar-refractivity contribution is 6.03. The molecule has 0 saturated carbocycles. The lowest BCUT2D eigenvalue weighted by Gasteiger charge is -2.17. The van der Waals surface area contributed by atoms with Crippen molar-refractivity contribution in [3.8, 4) is 0 Å². The van der Waals surface area contributed by atoms with Crippen LogP contribution in [0, 0.1) is 28.8 Å². The number of benzene rings is 2. The van der Waals surface area contributed by atoms with Crippen molar-refractivity contribution in [2.45, 2.75) is 13.3 Å². The summed E-state index contributed by atoms with van der Waals surface area (Å²) in [7, 11) is 0. The van der Waals surface area contributed by atoms with Crippen molar-refractivity contribution >= 4 is 28.9 Å². The summed E-state index contributed by atoms with van der Waals surface area (Å²) >= 11 is 0. The van der Waals surface area contributed by atoms with Crippen LogP contribution in [-0.2, 0) is 9.59 Å². The first-order chi connectivity index (χ1) is 12.3. The van der Waals surface area contributed by atoms with Gasteiger partial charge >= 0.3 is 0 Å². The number of nitro benzene ring substituents is 1. The summed E-state index contributed by atoms with van der Waals surface area (Å²) in [5.74, 6) is -2.19. The van der Waals surface area contributed by atoms with E-state index in [-0.39, 0.29) is 30.2 Å². The summed E-state index contributed by atoms with van der Waals surface area (Å²) in [6, 6.07) is 10.3. The zero-order valence-corrected chi connectivity index (χ0v) is 13.9. The standard InChI is InChI=1S/C18H16FN3O4/c1-11-3-2-4-13(7-11)21-10-12(8-17(21)23)18(24)20-16-9-14(22(25)26)5-6-15(16)19/h2-7,9,12H,8,10H2,1H3,(H,20,24). The van der Waals surface area contributed by atoms with E-state index in [0.717, 1.165) is 23.8 Å². The molecule has 2 aromatic carbocycles. The fourth-order valence-electron chi connectivity index (χ4n) is 2.89. The molecule has 3 rings (SSSR count). The Morgan fingerprint density at radius 2 is 2.08 bits per heavy atom. The van der Waals surface area contributed by atoms with Gasteiger partial charge in [-0.25, -0.2) is 4.39 Å². The summed E-state index contributed by atoms with van der Waals surface area (Å²) in [5, 5.41) is 13.1. The number of amides is 2. The number of nitro groups is 1. The average Bonchev–Trinajstić information content (AvgIpc) is 2.98. The molecule has 7 nitrogen and oxygen atoms in total. The minimum atomic E-state index is -0.774. The molecule has 0 aromatic heterocycles. The fraction of sp³-hybridized carbons (Fsp3) is 0.222. The van der Waals surface area contributed by atoms with Crippen molar-refractivity contribution in [1.82, 2.24) is 0 Å². The predicted octanol–water partition coefficient (Wildman–Crippen LogP) is 3.03. The van der Waals surface area contributed by atoms with E-state index >= 15 is 0 Å². The van der Waals surface area contributed by atoms with E-state index in [2.05, 4.69) is 5.32 Å². The maximum absolute atomic E-state index is 13.8. The van der Waals surface area contributed by atoms with Gasteiger partial charge < -0.3 is 10.2 Å². The lowest BCUT2D eigenvalue weighted by atomic mass is 10.1. The molecule has 1 saturated heterocycles. The minimum Gasteiger partial charge on any atom is -0.323 e. The van der Waals surface area contributed by atoms with Gasteiger partial charge in [-0.05, 0) is 30.7 Å². The Hall–Kier alpha value is -3.29. The first kappa shape index (κ1) is 17.5. The van der Waals surface area contributed by atoms with Crippen LogP contribution in [0.2, 0.25) is 0 Å². The molecule has 1 aliphatic rings. The van der Waals surface area contributed by atoms with Crippen LogP contribution in [0.4, 0.5) is 21.5 Å². The third-order valence-electron chi connectivity index (χ3n) is 4.23. The van der Waals surface area contributed by atoms with Gasteiger partial charge in [-0.1, -0.05) is 12.1 Å². The Morgan fingerprint density at radius 3 is 2.77 bits per heavy atom. The van der Waals surface area contributed by atoms with Gasteiger partial charge in [-0.3, -0.25) is 19.7 Å². The molecule has 1 N–H and O–H groups in total. The van der Waals surface area contributed by atoms with Gasteiger partial charge in [0, 0.05) is 30.8 Å². The van der Waals surface area contributed by atoms with Gasteiger partial charge in [0.05, 0.1) is 16.5 Å². The molecule has 1 aliphatic heterocycles. The summed E-state index contributed by atoms with van der Waals surface area (Å²) in [4.78, 5) is 36.3. The molecule has 0 aliphatic carbocycles. The van der Waals surface area contributed by atoms with E-state index in [4.69, 9.17) is 0 Å². The molecule has 2 amide bonds. The average molecular weight is 357 g/mol. The summed E-state index contributed by atoms with van der Waals surface area (Å²) in [6.45, 7) is 2.07. The third kappa shape index (κ3) is 3.53. The molecular formula is C18H16FN3O4. The van der Waals surface area contributed by atoms with E-state index in [1.165, 1.54) is 4.90 Å². The molecule has 1 fully saturated rings. The molecule has 0 radical (unpaired) electrons. The maximum Gasteiger partial charge on any atom is 0.271 e. The van der Waals surface area contributed by atoms with E-state index in [1.807, 2.05) is 25.1 Å². The second kappa shape index (κ2) is 6.91. The second-order valence-electron chi connectivity index (χ2n) is 6.15. The van der Waals surface area contributed by atoms with Crippen molar-refractivity contribution in [2.24, 2.45) is 5.92 Å². The maximum atomic E-state index is 13.8. The van der Waals surface area contributed by atoms with Crippen molar-refractivity contribution in [2.75, 3.05) is 16.8 Å². The van der Waals surface area contributed by atoms with Gasteiger partial charge in [-0.2, -0.15) is 0 Å². The predicted molar refractivity (Wildman–Crippen MR) is 93.3 cm³/mol. The molecular weight excluding hydrogens is 341 g/mol. The van der Waals surface area contributed by atoms with E-state index in [0.29, 0.717) is 5.69 Å². The van der Waals surface area contributed by atoms with Crippen LogP contribution in [0.15, 0.2) is 42.5 Å². The van der Waals surface area contributed by atoms with E-state index in [1.54, 1.807) is 6.07 Å². The summed E-state index contributed by atoms with van der Waals surface area (Å²) < 4.78 is 13.8. The van der Waals surface area contributed by atoms with Crippen molar-refractivity contribution in [3.63, 3.8) is 0 Å². The van der Waals surface area contributed by atoms with E-state index < -0.39 is 22.6 Å². The molecule has 1 atom stereocenters. The molecule has 134 valence electrons. The number of nitrogens with zero attached hydrogens (tertiary/aromatic N) is 2. The SMILES string of the molecule is Cc1cccc(N2CC(C(=O)Nc3cc([N+](=O)[O-])ccc3F)CC2=O)c1. The quantitative estimate of drug-likeness (QED) is 0.672. The van der Waals surface area contributed by atoms with E-state index in [9.17, 15) is 24.1 Å². The molecule has 26 heavy (non-hydrogen) atoms. The number of hydrogen-bond donors (Lipinski definition) is 1. The Morgan fingerprint density at radius 1 is 1.31 bits per heavy atom. The highest BCUT2D eigenvalue weighted by Crippen LogP contribution is 2.28.